The number of halogens is 1. The van der Waals surface area contributed by atoms with E-state index < -0.39 is 17.7 Å². The number of carbonyl (C=O) groups is 2. The maximum atomic E-state index is 12.9. The Morgan fingerprint density at radius 1 is 0.912 bits per heavy atom. The highest BCUT2D eigenvalue weighted by Crippen LogP contribution is 2.40. The quantitative estimate of drug-likeness (QED) is 0.288. The molecule has 34 heavy (non-hydrogen) atoms. The van der Waals surface area contributed by atoms with E-state index in [1.54, 1.807) is 37.3 Å². The molecule has 0 fully saturated rings. The lowest BCUT2D eigenvalue weighted by Crippen LogP contribution is -2.32. The fraction of sp³-hybridized carbons (Fsp3) is 0.417. The van der Waals surface area contributed by atoms with E-state index in [1.165, 1.54) is 6.92 Å². The Balaban J connectivity index is 2.29. The van der Waals surface area contributed by atoms with Gasteiger partial charge in [0.15, 0.2) is 17.3 Å². The van der Waals surface area contributed by atoms with E-state index in [4.69, 9.17) is 30.5 Å². The fourth-order valence-corrected chi connectivity index (χ4v) is 3.18. The molecule has 0 aliphatic carbocycles. The second kappa shape index (κ2) is 13.4. The summed E-state index contributed by atoms with van der Waals surface area (Å²) < 4.78 is 22.2. The number of rotatable bonds is 13. The molecule has 2 aromatic carbocycles. The first-order chi connectivity index (χ1) is 16.4. The highest BCUT2D eigenvalue weighted by atomic mass is 35.5. The molecule has 0 bridgehead atoms. The maximum absolute atomic E-state index is 12.9. The normalized spacial score (nSPS) is 11.7. The lowest BCUT2D eigenvalue weighted by atomic mass is 10.2. The van der Waals surface area contributed by atoms with Crippen molar-refractivity contribution >= 4 is 34.7 Å². The molecule has 2 aromatic rings. The summed E-state index contributed by atoms with van der Waals surface area (Å²) in [6, 6.07) is 6.85. The van der Waals surface area contributed by atoms with Gasteiger partial charge in [-0.1, -0.05) is 11.6 Å². The first-order valence-corrected chi connectivity index (χ1v) is 11.4. The van der Waals surface area contributed by atoms with Crippen LogP contribution in [0, 0.1) is 0 Å². The van der Waals surface area contributed by atoms with E-state index in [1.807, 2.05) is 20.8 Å². The van der Waals surface area contributed by atoms with E-state index >= 15 is 0 Å². The minimum absolute atomic E-state index is 0.158. The van der Waals surface area contributed by atoms with Crippen LogP contribution in [-0.2, 0) is 9.59 Å². The van der Waals surface area contributed by atoms with Crippen LogP contribution < -0.4 is 24.3 Å². The molecule has 1 unspecified atom stereocenters. The predicted octanol–water partition coefficient (Wildman–Crippen LogP) is 5.61. The third-order valence-electron chi connectivity index (χ3n) is 4.36. The molecule has 10 heteroatoms. The lowest BCUT2D eigenvalue weighted by Gasteiger charge is -2.16. The molecule has 1 N–H and O–H groups in total. The molecule has 0 saturated heterocycles. The monoisotopic (exact) mass is 491 g/mol. The molecule has 0 aliphatic rings. The molecule has 0 heterocycles. The van der Waals surface area contributed by atoms with Crippen molar-refractivity contribution in [1.82, 2.24) is 0 Å². The molecular weight excluding hydrogens is 462 g/mol. The number of anilines is 1. The van der Waals surface area contributed by atoms with Crippen LogP contribution in [0.5, 0.6) is 23.0 Å². The molecule has 0 radical (unpaired) electrons. The number of ketones is 1. The maximum Gasteiger partial charge on any atom is 0.258 e. The molecule has 1 atom stereocenters. The van der Waals surface area contributed by atoms with Crippen molar-refractivity contribution in [2.75, 3.05) is 31.7 Å². The van der Waals surface area contributed by atoms with Gasteiger partial charge in [-0.15, -0.1) is 0 Å². The smallest absolute Gasteiger partial charge is 0.258 e. The molecule has 0 aliphatic heterocycles. The van der Waals surface area contributed by atoms with Crippen LogP contribution in [-0.4, -0.2) is 44.2 Å². The van der Waals surface area contributed by atoms with Gasteiger partial charge in [0.1, 0.15) is 22.2 Å². The Morgan fingerprint density at radius 2 is 1.56 bits per heavy atom. The average Bonchev–Trinajstić information content (AvgIpc) is 2.80. The van der Waals surface area contributed by atoms with Gasteiger partial charge in [0.25, 0.3) is 5.91 Å². The molecule has 1 amide bonds. The lowest BCUT2D eigenvalue weighted by molar-refractivity contribution is -0.126. The molecule has 0 spiro atoms. The summed E-state index contributed by atoms with van der Waals surface area (Å²) in [4.78, 5) is 25.1. The minimum Gasteiger partial charge on any atom is -0.494 e. The minimum atomic E-state index is -1.39. The second-order valence-electron chi connectivity index (χ2n) is 6.83. The third-order valence-corrected chi connectivity index (χ3v) is 4.74. The molecule has 9 nitrogen and oxygen atoms in total. The summed E-state index contributed by atoms with van der Waals surface area (Å²) in [7, 11) is 0. The van der Waals surface area contributed by atoms with Crippen LogP contribution in [0.1, 0.15) is 34.6 Å². The first-order valence-electron chi connectivity index (χ1n) is 11.1. The topological polar surface area (TPSA) is 108 Å². The van der Waals surface area contributed by atoms with E-state index in [0.717, 1.165) is 0 Å². The van der Waals surface area contributed by atoms with Crippen molar-refractivity contribution in [3.8, 4) is 23.0 Å². The van der Waals surface area contributed by atoms with Crippen molar-refractivity contribution in [1.29, 1.82) is 0 Å². The Kier molecular flexibility index (Phi) is 10.6. The van der Waals surface area contributed by atoms with Gasteiger partial charge in [-0.25, -0.2) is 0 Å². The van der Waals surface area contributed by atoms with Crippen molar-refractivity contribution in [3.63, 3.8) is 0 Å². The zero-order chi connectivity index (χ0) is 25.1. The van der Waals surface area contributed by atoms with Crippen LogP contribution in [0.4, 0.5) is 11.4 Å². The van der Waals surface area contributed by atoms with Crippen LogP contribution >= 0.6 is 11.6 Å². The highest BCUT2D eigenvalue weighted by molar-refractivity contribution is 6.35. The van der Waals surface area contributed by atoms with Crippen LogP contribution in [0.15, 0.2) is 40.6 Å². The van der Waals surface area contributed by atoms with Crippen LogP contribution in [0.3, 0.4) is 0 Å². The molecule has 184 valence electrons. The standard InChI is InChI=1S/C24H30ClN3O6/c1-6-31-16-10-11-17(20(14-16)33-8-3)27-28-22(15(5)29)24(30)26-18-12-13-19(32-7-2)23(21(18)25)34-9-4/h10-14,22H,6-9H2,1-5H3,(H,26,30). The second-order valence-corrected chi connectivity index (χ2v) is 7.21. The summed E-state index contributed by atoms with van der Waals surface area (Å²) in [5.74, 6) is 0.623. The zero-order valence-corrected chi connectivity index (χ0v) is 20.8. The van der Waals surface area contributed by atoms with Crippen LogP contribution in [0.25, 0.3) is 0 Å². The number of Topliss-reactive ketones (excluding diaryl/α,β-unsaturated/α-hetero) is 1. The number of nitrogens with zero attached hydrogens (tertiary/aromatic N) is 2. The van der Waals surface area contributed by atoms with Gasteiger partial charge >= 0.3 is 0 Å². The van der Waals surface area contributed by atoms with Gasteiger partial charge in [-0.05, 0) is 58.9 Å². The van der Waals surface area contributed by atoms with Gasteiger partial charge in [0.05, 0.1) is 32.1 Å². The average molecular weight is 492 g/mol. The fourth-order valence-electron chi connectivity index (χ4n) is 2.93. The number of azo groups is 1. The zero-order valence-electron chi connectivity index (χ0n) is 20.0. The molecule has 0 aromatic heterocycles. The number of ether oxygens (including phenoxy) is 4. The van der Waals surface area contributed by atoms with Gasteiger partial charge in [0.2, 0.25) is 6.04 Å². The van der Waals surface area contributed by atoms with Crippen molar-refractivity contribution in [3.05, 3.63) is 35.4 Å². The highest BCUT2D eigenvalue weighted by Gasteiger charge is 2.25. The van der Waals surface area contributed by atoms with Crippen LogP contribution in [0.2, 0.25) is 5.02 Å². The van der Waals surface area contributed by atoms with Gasteiger partial charge in [0, 0.05) is 6.07 Å². The van der Waals surface area contributed by atoms with Crippen molar-refractivity contribution in [2.45, 2.75) is 40.7 Å². The summed E-state index contributed by atoms with van der Waals surface area (Å²) >= 11 is 6.44. The van der Waals surface area contributed by atoms with Crippen molar-refractivity contribution in [2.24, 2.45) is 10.2 Å². The third kappa shape index (κ3) is 7.08. The van der Waals surface area contributed by atoms with Gasteiger partial charge in [-0.2, -0.15) is 10.2 Å². The number of amides is 1. The van der Waals surface area contributed by atoms with Gasteiger partial charge < -0.3 is 24.3 Å². The number of hydrogen-bond acceptors (Lipinski definition) is 8. The molecular formula is C24H30ClN3O6. The van der Waals surface area contributed by atoms with E-state index in [0.29, 0.717) is 55.1 Å². The van der Waals surface area contributed by atoms with E-state index in [-0.39, 0.29) is 10.7 Å². The molecule has 2 rings (SSSR count). The summed E-state index contributed by atoms with van der Waals surface area (Å²) in [6.45, 7) is 10.3. The van der Waals surface area contributed by atoms with Crippen molar-refractivity contribution < 1.29 is 28.5 Å². The summed E-state index contributed by atoms with van der Waals surface area (Å²) in [5.41, 5.74) is 0.623. The number of carbonyl (C=O) groups excluding carboxylic acids is 2. The van der Waals surface area contributed by atoms with E-state index in [9.17, 15) is 9.59 Å². The molecule has 0 saturated carbocycles. The Bertz CT molecular complexity index is 1030. The largest absolute Gasteiger partial charge is 0.494 e. The Labute approximate surface area is 204 Å². The number of hydrogen-bond donors (Lipinski definition) is 1. The Morgan fingerprint density at radius 3 is 2.18 bits per heavy atom. The number of nitrogens with one attached hydrogen (secondary N) is 1. The van der Waals surface area contributed by atoms with E-state index in [2.05, 4.69) is 15.5 Å². The Hall–Kier alpha value is -3.33. The SMILES string of the molecule is CCOc1ccc(N=NC(C(C)=O)C(=O)Nc2ccc(OCC)c(OCC)c2Cl)c(OCC)c1. The number of benzene rings is 2. The predicted molar refractivity (Wildman–Crippen MR) is 130 cm³/mol. The summed E-state index contributed by atoms with van der Waals surface area (Å²) in [6.07, 6.45) is 0. The summed E-state index contributed by atoms with van der Waals surface area (Å²) in [5, 5.41) is 10.9. The van der Waals surface area contributed by atoms with Gasteiger partial charge in [-0.3, -0.25) is 9.59 Å². The first kappa shape index (κ1) is 26.9.